The maximum Gasteiger partial charge on any atom is 0.322 e. The zero-order chi connectivity index (χ0) is 8.69. The minimum atomic E-state index is -0.319. The van der Waals surface area contributed by atoms with Crippen LogP contribution in [0.15, 0.2) is 0 Å². The highest BCUT2D eigenvalue weighted by atomic mass is 16.5. The molecule has 0 aromatic heterocycles. The van der Waals surface area contributed by atoms with Crippen molar-refractivity contribution in [3.8, 4) is 0 Å². The molecule has 0 bridgehead atoms. The van der Waals surface area contributed by atoms with Gasteiger partial charge in [-0.2, -0.15) is 0 Å². The number of hydrogen-bond donors (Lipinski definition) is 2. The third-order valence-corrected chi connectivity index (χ3v) is 1.20. The van der Waals surface area contributed by atoms with Gasteiger partial charge in [0.05, 0.1) is 6.61 Å². The van der Waals surface area contributed by atoms with Crippen molar-refractivity contribution in [2.45, 2.75) is 19.9 Å². The summed E-state index contributed by atoms with van der Waals surface area (Å²) in [6.07, 6.45) is 0. The van der Waals surface area contributed by atoms with E-state index in [-0.39, 0.29) is 25.2 Å². The lowest BCUT2D eigenvalue weighted by Crippen LogP contribution is -2.35. The van der Waals surface area contributed by atoms with E-state index >= 15 is 0 Å². The summed E-state index contributed by atoms with van der Waals surface area (Å²) in [7, 11) is 0. The molecule has 0 amide bonds. The highest BCUT2D eigenvalue weighted by molar-refractivity contribution is 5.75. The van der Waals surface area contributed by atoms with Gasteiger partial charge in [-0.05, 0) is 13.5 Å². The lowest BCUT2D eigenvalue weighted by Gasteiger charge is -2.10. The molecule has 11 heavy (non-hydrogen) atoms. The summed E-state index contributed by atoms with van der Waals surface area (Å²) in [5, 5.41) is 11.2. The Balaban J connectivity index is 3.47. The number of carbonyl (C=O) groups is 1. The molecule has 4 heteroatoms. The average molecular weight is 161 g/mol. The van der Waals surface area contributed by atoms with Gasteiger partial charge >= 0.3 is 5.97 Å². The highest BCUT2D eigenvalue weighted by Gasteiger charge is 2.11. The molecule has 0 heterocycles. The molecule has 0 aliphatic heterocycles. The first-order valence-corrected chi connectivity index (χ1v) is 3.73. The van der Waals surface area contributed by atoms with E-state index in [4.69, 9.17) is 5.11 Å². The van der Waals surface area contributed by atoms with Crippen LogP contribution >= 0.6 is 0 Å². The molecule has 0 spiro atoms. The molecule has 0 aromatic rings. The lowest BCUT2D eigenvalue weighted by molar-refractivity contribution is -0.146. The van der Waals surface area contributed by atoms with Gasteiger partial charge in [-0.15, -0.1) is 0 Å². The molecule has 0 radical (unpaired) electrons. The van der Waals surface area contributed by atoms with Crippen LogP contribution in [-0.4, -0.2) is 36.9 Å². The van der Waals surface area contributed by atoms with Crippen LogP contribution in [0.25, 0.3) is 0 Å². The first-order valence-electron chi connectivity index (χ1n) is 3.73. The van der Waals surface area contributed by atoms with Crippen LogP contribution in [0.4, 0.5) is 0 Å². The molecule has 0 rings (SSSR count). The van der Waals surface area contributed by atoms with E-state index in [1.165, 1.54) is 0 Å². The number of aliphatic hydroxyl groups excluding tert-OH is 1. The highest BCUT2D eigenvalue weighted by Crippen LogP contribution is 1.86. The molecular weight excluding hydrogens is 146 g/mol. The number of rotatable bonds is 5. The van der Waals surface area contributed by atoms with Crippen molar-refractivity contribution in [3.63, 3.8) is 0 Å². The van der Waals surface area contributed by atoms with Crippen LogP contribution in [0, 0.1) is 0 Å². The first-order chi connectivity index (χ1) is 5.22. The molecule has 66 valence electrons. The van der Waals surface area contributed by atoms with Crippen molar-refractivity contribution < 1.29 is 14.6 Å². The average Bonchev–Trinajstić information content (AvgIpc) is 2.00. The fourth-order valence-corrected chi connectivity index (χ4v) is 0.661. The Kier molecular flexibility index (Phi) is 5.78. The van der Waals surface area contributed by atoms with Crippen molar-refractivity contribution in [3.05, 3.63) is 0 Å². The first kappa shape index (κ1) is 10.4. The van der Waals surface area contributed by atoms with E-state index < -0.39 is 0 Å². The van der Waals surface area contributed by atoms with Crippen LogP contribution in [0.5, 0.6) is 0 Å². The molecule has 0 saturated carbocycles. The number of ether oxygens (including phenoxy) is 1. The number of carbonyl (C=O) groups excluding carboxylic acids is 1. The largest absolute Gasteiger partial charge is 0.462 e. The van der Waals surface area contributed by atoms with Gasteiger partial charge in [0.1, 0.15) is 12.6 Å². The zero-order valence-corrected chi connectivity index (χ0v) is 6.96. The van der Waals surface area contributed by atoms with E-state index in [0.29, 0.717) is 0 Å². The van der Waals surface area contributed by atoms with E-state index in [0.717, 1.165) is 6.54 Å². The zero-order valence-electron chi connectivity index (χ0n) is 6.96. The van der Waals surface area contributed by atoms with Crippen molar-refractivity contribution >= 4 is 5.97 Å². The van der Waals surface area contributed by atoms with Gasteiger partial charge in [-0.25, -0.2) is 0 Å². The summed E-state index contributed by atoms with van der Waals surface area (Å²) in [4.78, 5) is 10.9. The van der Waals surface area contributed by atoms with Crippen LogP contribution in [0.1, 0.15) is 13.8 Å². The Morgan fingerprint density at radius 3 is 2.82 bits per heavy atom. The van der Waals surface area contributed by atoms with E-state index in [9.17, 15) is 4.79 Å². The molecule has 2 N–H and O–H groups in total. The number of hydrogen-bond acceptors (Lipinski definition) is 4. The van der Waals surface area contributed by atoms with Crippen molar-refractivity contribution in [2.24, 2.45) is 0 Å². The van der Waals surface area contributed by atoms with E-state index in [1.54, 1.807) is 6.92 Å². The normalized spacial score (nSPS) is 12.6. The topological polar surface area (TPSA) is 58.6 Å². The molecule has 0 saturated heterocycles. The fraction of sp³-hybridized carbons (Fsp3) is 0.857. The van der Waals surface area contributed by atoms with Crippen molar-refractivity contribution in [1.29, 1.82) is 0 Å². The Bertz CT molecular complexity index is 116. The van der Waals surface area contributed by atoms with Crippen molar-refractivity contribution in [1.82, 2.24) is 5.32 Å². The maximum atomic E-state index is 10.9. The summed E-state index contributed by atoms with van der Waals surface area (Å²) in [5.74, 6) is -0.319. The van der Waals surface area contributed by atoms with E-state index in [1.807, 2.05) is 6.92 Å². The molecule has 0 aromatic carbocycles. The fourth-order valence-electron chi connectivity index (χ4n) is 0.661. The lowest BCUT2D eigenvalue weighted by atomic mass is 10.3. The van der Waals surface area contributed by atoms with Crippen LogP contribution in [0.3, 0.4) is 0 Å². The third-order valence-electron chi connectivity index (χ3n) is 1.20. The van der Waals surface area contributed by atoms with Gasteiger partial charge in [0.15, 0.2) is 0 Å². The van der Waals surface area contributed by atoms with Gasteiger partial charge in [0.25, 0.3) is 0 Å². The molecule has 4 nitrogen and oxygen atoms in total. The number of nitrogens with one attached hydrogen (secondary N) is 1. The molecular formula is C7H15NO3. The summed E-state index contributed by atoms with van der Waals surface area (Å²) >= 11 is 0. The van der Waals surface area contributed by atoms with Gasteiger partial charge in [-0.1, -0.05) is 6.92 Å². The predicted molar refractivity (Wildman–Crippen MR) is 41.2 cm³/mol. The molecule has 1 atom stereocenters. The second-order valence-corrected chi connectivity index (χ2v) is 2.17. The number of aliphatic hydroxyl groups is 1. The Morgan fingerprint density at radius 2 is 2.36 bits per heavy atom. The predicted octanol–water partition coefficient (Wildman–Crippen LogP) is -0.480. The summed E-state index contributed by atoms with van der Waals surface area (Å²) in [5.41, 5.74) is 0. The molecule has 0 fully saturated rings. The smallest absolute Gasteiger partial charge is 0.322 e. The van der Waals surface area contributed by atoms with Gasteiger partial charge in [0, 0.05) is 0 Å². The SMILES string of the molecule is CCN[C@@H](C)C(=O)OCCO. The minimum Gasteiger partial charge on any atom is -0.462 e. The van der Waals surface area contributed by atoms with E-state index in [2.05, 4.69) is 10.1 Å². The quantitative estimate of drug-likeness (QED) is 0.535. The number of likely N-dealkylation sites (N-methyl/N-ethyl adjacent to an activating group) is 1. The third kappa shape index (κ3) is 4.75. The van der Waals surface area contributed by atoms with Crippen LogP contribution in [-0.2, 0) is 9.53 Å². The molecule has 0 unspecified atom stereocenters. The maximum absolute atomic E-state index is 10.9. The Labute approximate surface area is 66.5 Å². The Morgan fingerprint density at radius 1 is 1.73 bits per heavy atom. The molecule has 0 aliphatic rings. The van der Waals surface area contributed by atoms with Gasteiger partial charge < -0.3 is 15.2 Å². The second kappa shape index (κ2) is 6.12. The van der Waals surface area contributed by atoms with Gasteiger partial charge in [0.2, 0.25) is 0 Å². The minimum absolute atomic E-state index is 0.0779. The summed E-state index contributed by atoms with van der Waals surface area (Å²) < 4.78 is 4.65. The summed E-state index contributed by atoms with van der Waals surface area (Å²) in [6.45, 7) is 4.33. The van der Waals surface area contributed by atoms with Crippen LogP contribution in [0.2, 0.25) is 0 Å². The Hall–Kier alpha value is -0.610. The second-order valence-electron chi connectivity index (χ2n) is 2.17. The molecule has 0 aliphatic carbocycles. The van der Waals surface area contributed by atoms with Crippen molar-refractivity contribution in [2.75, 3.05) is 19.8 Å². The monoisotopic (exact) mass is 161 g/mol. The standard InChI is InChI=1S/C7H15NO3/c1-3-8-6(2)7(10)11-5-4-9/h6,8-9H,3-5H2,1-2H3/t6-/m0/s1. The van der Waals surface area contributed by atoms with Crippen LogP contribution < -0.4 is 5.32 Å². The summed E-state index contributed by atoms with van der Waals surface area (Å²) in [6, 6.07) is -0.286. The number of esters is 1. The van der Waals surface area contributed by atoms with Gasteiger partial charge in [-0.3, -0.25) is 4.79 Å².